The van der Waals surface area contributed by atoms with Crippen molar-refractivity contribution >= 4 is 0 Å². The summed E-state index contributed by atoms with van der Waals surface area (Å²) in [7, 11) is 0. The molecule has 0 aliphatic rings. The number of hydrogen-bond donors (Lipinski definition) is 2. The van der Waals surface area contributed by atoms with Gasteiger partial charge in [0, 0.05) is 19.2 Å². The molecule has 2 N–H and O–H groups in total. The zero-order chi connectivity index (χ0) is 15.0. The van der Waals surface area contributed by atoms with Crippen LogP contribution in [0, 0.1) is 5.41 Å². The van der Waals surface area contributed by atoms with Crippen LogP contribution in [-0.2, 0) is 6.54 Å². The van der Waals surface area contributed by atoms with Crippen LogP contribution in [0.3, 0.4) is 0 Å². The van der Waals surface area contributed by atoms with Crippen LogP contribution in [0.15, 0.2) is 24.3 Å². The Morgan fingerprint density at radius 3 is 2.65 bits per heavy atom. The lowest BCUT2D eigenvalue weighted by molar-refractivity contribution is 0.196. The fourth-order valence-corrected chi connectivity index (χ4v) is 2.18. The van der Waals surface area contributed by atoms with Gasteiger partial charge in [-0.3, -0.25) is 0 Å². The number of benzene rings is 1. The second-order valence-corrected chi connectivity index (χ2v) is 6.31. The summed E-state index contributed by atoms with van der Waals surface area (Å²) in [5, 5.41) is 12.7. The Kier molecular flexibility index (Phi) is 7.03. The van der Waals surface area contributed by atoms with Crippen LogP contribution >= 0.6 is 0 Å². The second kappa shape index (κ2) is 8.28. The Hall–Kier alpha value is -1.06. The number of ether oxygens (including phenoxy) is 1. The maximum Gasteiger partial charge on any atom is 0.119 e. The maximum absolute atomic E-state index is 9.18. The molecule has 0 spiro atoms. The van der Waals surface area contributed by atoms with E-state index in [-0.39, 0.29) is 12.0 Å². The first-order valence-corrected chi connectivity index (χ1v) is 7.53. The molecule has 0 saturated heterocycles. The molecule has 3 nitrogen and oxygen atoms in total. The molecule has 0 aliphatic heterocycles. The lowest BCUT2D eigenvalue weighted by Crippen LogP contribution is -2.40. The SMILES string of the molecule is CCCOc1cccc(CNC(CCO)C(C)(C)C)c1. The third-order valence-electron chi connectivity index (χ3n) is 3.39. The third-order valence-corrected chi connectivity index (χ3v) is 3.39. The van der Waals surface area contributed by atoms with Gasteiger partial charge in [-0.25, -0.2) is 0 Å². The van der Waals surface area contributed by atoms with Gasteiger partial charge in [-0.1, -0.05) is 39.8 Å². The molecule has 0 radical (unpaired) electrons. The van der Waals surface area contributed by atoms with Crippen LogP contribution in [-0.4, -0.2) is 24.4 Å². The second-order valence-electron chi connectivity index (χ2n) is 6.31. The predicted molar refractivity (Wildman–Crippen MR) is 84.0 cm³/mol. The van der Waals surface area contributed by atoms with E-state index < -0.39 is 0 Å². The van der Waals surface area contributed by atoms with Crippen LogP contribution < -0.4 is 10.1 Å². The molecule has 1 unspecified atom stereocenters. The predicted octanol–water partition coefficient (Wildman–Crippen LogP) is 3.36. The molecule has 1 aromatic rings. The van der Waals surface area contributed by atoms with Crippen molar-refractivity contribution in [2.45, 2.75) is 53.1 Å². The highest BCUT2D eigenvalue weighted by atomic mass is 16.5. The molecule has 20 heavy (non-hydrogen) atoms. The Balaban J connectivity index is 2.59. The molecule has 1 atom stereocenters. The Bertz CT molecular complexity index is 385. The van der Waals surface area contributed by atoms with E-state index in [2.05, 4.69) is 45.1 Å². The Morgan fingerprint density at radius 1 is 1.30 bits per heavy atom. The molecular formula is C17H29NO2. The van der Waals surface area contributed by atoms with Crippen LogP contribution in [0.25, 0.3) is 0 Å². The molecule has 0 heterocycles. The summed E-state index contributed by atoms with van der Waals surface area (Å²) < 4.78 is 5.65. The monoisotopic (exact) mass is 279 g/mol. The lowest BCUT2D eigenvalue weighted by Gasteiger charge is -2.31. The number of nitrogens with one attached hydrogen (secondary N) is 1. The summed E-state index contributed by atoms with van der Waals surface area (Å²) in [4.78, 5) is 0. The minimum Gasteiger partial charge on any atom is -0.494 e. The Morgan fingerprint density at radius 2 is 2.05 bits per heavy atom. The van der Waals surface area contributed by atoms with E-state index in [9.17, 15) is 5.11 Å². The van der Waals surface area contributed by atoms with Crippen molar-refractivity contribution in [1.29, 1.82) is 0 Å². The molecule has 0 bridgehead atoms. The van der Waals surface area contributed by atoms with Crippen LogP contribution in [0.2, 0.25) is 0 Å². The fourth-order valence-electron chi connectivity index (χ4n) is 2.18. The van der Waals surface area contributed by atoms with E-state index >= 15 is 0 Å². The van der Waals surface area contributed by atoms with Gasteiger partial charge in [0.05, 0.1) is 6.61 Å². The number of aliphatic hydroxyl groups is 1. The van der Waals surface area contributed by atoms with E-state index in [0.29, 0.717) is 6.04 Å². The van der Waals surface area contributed by atoms with Crippen molar-refractivity contribution in [1.82, 2.24) is 5.32 Å². The van der Waals surface area contributed by atoms with E-state index in [1.54, 1.807) is 0 Å². The highest BCUT2D eigenvalue weighted by molar-refractivity contribution is 5.28. The molecule has 1 aromatic carbocycles. The first-order valence-electron chi connectivity index (χ1n) is 7.53. The minimum atomic E-state index is 0.138. The zero-order valence-corrected chi connectivity index (χ0v) is 13.3. The first-order chi connectivity index (χ1) is 9.47. The quantitative estimate of drug-likeness (QED) is 0.766. The minimum absolute atomic E-state index is 0.138. The topological polar surface area (TPSA) is 41.5 Å². The fraction of sp³-hybridized carbons (Fsp3) is 0.647. The van der Waals surface area contributed by atoms with Crippen molar-refractivity contribution in [3.63, 3.8) is 0 Å². The molecule has 0 fully saturated rings. The van der Waals surface area contributed by atoms with Crippen molar-refractivity contribution < 1.29 is 9.84 Å². The van der Waals surface area contributed by atoms with Crippen molar-refractivity contribution in [3.05, 3.63) is 29.8 Å². The van der Waals surface area contributed by atoms with Gasteiger partial charge in [-0.15, -0.1) is 0 Å². The molecule has 0 saturated carbocycles. The van der Waals surface area contributed by atoms with Gasteiger partial charge < -0.3 is 15.2 Å². The molecule has 3 heteroatoms. The highest BCUT2D eigenvalue weighted by Crippen LogP contribution is 2.22. The van der Waals surface area contributed by atoms with E-state index in [1.807, 2.05) is 12.1 Å². The van der Waals surface area contributed by atoms with E-state index in [4.69, 9.17) is 4.74 Å². The average molecular weight is 279 g/mol. The van der Waals surface area contributed by atoms with Crippen LogP contribution in [0.5, 0.6) is 5.75 Å². The van der Waals surface area contributed by atoms with Gasteiger partial charge in [0.1, 0.15) is 5.75 Å². The summed E-state index contributed by atoms with van der Waals surface area (Å²) in [6, 6.07) is 8.51. The molecule has 0 aromatic heterocycles. The first kappa shape index (κ1) is 17.0. The van der Waals surface area contributed by atoms with Crippen LogP contribution in [0.4, 0.5) is 0 Å². The van der Waals surface area contributed by atoms with Gasteiger partial charge >= 0.3 is 0 Å². The van der Waals surface area contributed by atoms with Gasteiger partial charge in [0.2, 0.25) is 0 Å². The number of hydrogen-bond acceptors (Lipinski definition) is 3. The summed E-state index contributed by atoms with van der Waals surface area (Å²) in [5.41, 5.74) is 1.35. The molecular weight excluding hydrogens is 250 g/mol. The standard InChI is InChI=1S/C17H29NO2/c1-5-11-20-15-8-6-7-14(12-15)13-18-16(9-10-19)17(2,3)4/h6-8,12,16,18-19H,5,9-11,13H2,1-4H3. The molecule has 114 valence electrons. The molecule has 1 rings (SSSR count). The highest BCUT2D eigenvalue weighted by Gasteiger charge is 2.23. The molecule has 0 aliphatic carbocycles. The molecule has 0 amide bonds. The summed E-state index contributed by atoms with van der Waals surface area (Å²) >= 11 is 0. The average Bonchev–Trinajstić information content (AvgIpc) is 2.40. The third kappa shape index (κ3) is 5.93. The van der Waals surface area contributed by atoms with E-state index in [0.717, 1.165) is 31.7 Å². The van der Waals surface area contributed by atoms with Gasteiger partial charge in [0.25, 0.3) is 0 Å². The van der Waals surface area contributed by atoms with Gasteiger partial charge in [-0.05, 0) is 36.0 Å². The number of aliphatic hydroxyl groups excluding tert-OH is 1. The summed E-state index contributed by atoms with van der Waals surface area (Å²) in [6.07, 6.45) is 1.79. The van der Waals surface area contributed by atoms with Crippen molar-refractivity contribution in [2.75, 3.05) is 13.2 Å². The summed E-state index contributed by atoms with van der Waals surface area (Å²) in [6.45, 7) is 10.5. The van der Waals surface area contributed by atoms with Crippen molar-refractivity contribution in [3.8, 4) is 5.75 Å². The smallest absolute Gasteiger partial charge is 0.119 e. The van der Waals surface area contributed by atoms with Crippen LogP contribution in [0.1, 0.15) is 46.1 Å². The summed E-state index contributed by atoms with van der Waals surface area (Å²) in [5.74, 6) is 0.931. The van der Waals surface area contributed by atoms with Gasteiger partial charge in [0.15, 0.2) is 0 Å². The zero-order valence-electron chi connectivity index (χ0n) is 13.3. The Labute approximate surface area is 123 Å². The van der Waals surface area contributed by atoms with Crippen molar-refractivity contribution in [2.24, 2.45) is 5.41 Å². The van der Waals surface area contributed by atoms with E-state index in [1.165, 1.54) is 5.56 Å². The lowest BCUT2D eigenvalue weighted by atomic mass is 9.85. The largest absolute Gasteiger partial charge is 0.494 e. The maximum atomic E-state index is 9.18. The normalized spacial score (nSPS) is 13.2. The van der Waals surface area contributed by atoms with Gasteiger partial charge in [-0.2, -0.15) is 0 Å². The number of rotatable bonds is 8.